The molecule has 0 amide bonds. The molecule has 0 aliphatic rings. The predicted octanol–water partition coefficient (Wildman–Crippen LogP) is -0.366. The second kappa shape index (κ2) is 8.17. The first-order valence-corrected chi connectivity index (χ1v) is 6.70. The number of rotatable bonds is 5. The lowest BCUT2D eigenvalue weighted by Gasteiger charge is -2.05. The Morgan fingerprint density at radius 3 is 2.14 bits per heavy atom. The van der Waals surface area contributed by atoms with Crippen LogP contribution in [0, 0.1) is 10.1 Å². The minimum Gasteiger partial charge on any atom is -0.508 e. The zero-order valence-electron chi connectivity index (χ0n) is 10.4. The second-order valence-corrected chi connectivity index (χ2v) is 4.76. The van der Waals surface area contributed by atoms with Crippen molar-refractivity contribution < 1.29 is 39.1 Å². The van der Waals surface area contributed by atoms with Gasteiger partial charge in [-0.15, -0.1) is 10.1 Å². The van der Waals surface area contributed by atoms with Gasteiger partial charge < -0.3 is 25.7 Å². The van der Waals surface area contributed by atoms with Crippen molar-refractivity contribution in [3.8, 4) is 5.75 Å². The number of benzene rings is 1. The summed E-state index contributed by atoms with van der Waals surface area (Å²) in [4.78, 5) is 34.8. The Bertz CT molecular complexity index is 527. The molecule has 0 spiro atoms. The lowest BCUT2D eigenvalue weighted by molar-refractivity contribution is -0.718. The summed E-state index contributed by atoms with van der Waals surface area (Å²) in [5.41, 5.74) is 6.12. The molecule has 1 atom stereocenters. The monoisotopic (exact) mass is 324 g/mol. The lowest BCUT2D eigenvalue weighted by Crippen LogP contribution is -2.32. The van der Waals surface area contributed by atoms with Gasteiger partial charge in [0.05, 0.1) is 0 Å². The Labute approximate surface area is 117 Å². The Kier molecular flexibility index (Phi) is 7.31. The van der Waals surface area contributed by atoms with Gasteiger partial charge in [-0.1, -0.05) is 12.1 Å². The number of carboxylic acids is 1. The van der Waals surface area contributed by atoms with Crippen molar-refractivity contribution in [1.82, 2.24) is 0 Å². The summed E-state index contributed by atoms with van der Waals surface area (Å²) in [6.45, 7) is 0. The zero-order valence-corrected chi connectivity index (χ0v) is 11.3. The Hall–Kier alpha value is -2.20. The van der Waals surface area contributed by atoms with E-state index >= 15 is 0 Å². The molecular formula is C9H13N2O9P. The molecule has 0 saturated heterocycles. The van der Waals surface area contributed by atoms with Crippen LogP contribution in [0.25, 0.3) is 0 Å². The Balaban J connectivity index is 0.000000433. The van der Waals surface area contributed by atoms with Crippen LogP contribution in [0.15, 0.2) is 24.3 Å². The van der Waals surface area contributed by atoms with Gasteiger partial charge in [-0.2, -0.15) is 4.62 Å². The smallest absolute Gasteiger partial charge is 0.501 e. The zero-order chi connectivity index (χ0) is 16.6. The number of hydrogen-bond acceptors (Lipinski definition) is 7. The topological polar surface area (TPSA) is 193 Å². The molecule has 0 saturated carbocycles. The van der Waals surface area contributed by atoms with Gasteiger partial charge >= 0.3 is 18.9 Å². The van der Waals surface area contributed by atoms with E-state index < -0.39 is 24.9 Å². The highest BCUT2D eigenvalue weighted by atomic mass is 31.2. The van der Waals surface area contributed by atoms with Crippen LogP contribution >= 0.6 is 7.82 Å². The number of carboxylic acid groups (broad SMARTS) is 1. The fourth-order valence-electron chi connectivity index (χ4n) is 1.06. The van der Waals surface area contributed by atoms with Crippen molar-refractivity contribution in [2.75, 3.05) is 0 Å². The molecule has 0 aliphatic carbocycles. The Morgan fingerprint density at radius 1 is 1.38 bits per heavy atom. The van der Waals surface area contributed by atoms with Crippen LogP contribution in [0.1, 0.15) is 5.56 Å². The summed E-state index contributed by atoms with van der Waals surface area (Å²) in [6.07, 6.45) is 0.273. The summed E-state index contributed by atoms with van der Waals surface area (Å²) in [5.74, 6) is -0.860. The molecule has 1 aromatic carbocycles. The highest BCUT2D eigenvalue weighted by Gasteiger charge is 2.17. The number of aromatic hydroxyl groups is 1. The standard InChI is InChI=1S/C9H11NO3.H2NO6P/c10-8(9(12)13)5-6-1-3-7(11)4-2-6;2-1(3)7-8(4,5)6/h1-4,8,11H,5,10H2,(H,12,13);(H2,4,5,6). The van der Waals surface area contributed by atoms with Gasteiger partial charge in [0.15, 0.2) is 0 Å². The molecule has 12 heteroatoms. The molecule has 0 fully saturated rings. The number of phenolic OH excluding ortho intramolecular Hbond substituents is 1. The largest absolute Gasteiger partial charge is 0.508 e. The highest BCUT2D eigenvalue weighted by molar-refractivity contribution is 7.46. The van der Waals surface area contributed by atoms with E-state index in [2.05, 4.69) is 4.62 Å². The van der Waals surface area contributed by atoms with E-state index in [0.29, 0.717) is 0 Å². The van der Waals surface area contributed by atoms with Crippen molar-refractivity contribution in [2.45, 2.75) is 12.5 Å². The first-order valence-electron chi connectivity index (χ1n) is 5.17. The van der Waals surface area contributed by atoms with Crippen molar-refractivity contribution in [1.29, 1.82) is 0 Å². The van der Waals surface area contributed by atoms with Crippen LogP contribution in [0.4, 0.5) is 0 Å². The SMILES string of the molecule is NC(Cc1ccc(O)cc1)C(=O)O.O=[N+]([O-])OP(=O)(O)O. The predicted molar refractivity (Wildman–Crippen MR) is 67.5 cm³/mol. The number of nitrogens with zero attached hydrogens (tertiary/aromatic N) is 1. The van der Waals surface area contributed by atoms with Crippen LogP contribution in [0.5, 0.6) is 5.75 Å². The van der Waals surface area contributed by atoms with Gasteiger partial charge in [0.1, 0.15) is 11.8 Å². The third-order valence-corrected chi connectivity index (χ3v) is 2.23. The number of hydrogen-bond donors (Lipinski definition) is 5. The Morgan fingerprint density at radius 2 is 1.86 bits per heavy atom. The molecule has 1 aromatic rings. The summed E-state index contributed by atoms with van der Waals surface area (Å²) >= 11 is 0. The fourth-order valence-corrected chi connectivity index (χ4v) is 1.23. The third kappa shape index (κ3) is 10.3. The summed E-state index contributed by atoms with van der Waals surface area (Å²) in [6, 6.07) is 5.42. The maximum Gasteiger partial charge on any atom is 0.501 e. The minimum absolute atomic E-state index is 0.160. The van der Waals surface area contributed by atoms with E-state index in [1.54, 1.807) is 12.1 Å². The summed E-state index contributed by atoms with van der Waals surface area (Å²) in [5, 5.41) is 25.0. The van der Waals surface area contributed by atoms with Crippen LogP contribution in [0.2, 0.25) is 0 Å². The molecule has 21 heavy (non-hydrogen) atoms. The molecule has 0 aromatic heterocycles. The number of aliphatic carboxylic acids is 1. The van der Waals surface area contributed by atoms with E-state index in [1.807, 2.05) is 0 Å². The molecule has 11 nitrogen and oxygen atoms in total. The number of phenols is 1. The first kappa shape index (κ1) is 18.8. The van der Waals surface area contributed by atoms with E-state index in [-0.39, 0.29) is 12.2 Å². The van der Waals surface area contributed by atoms with Gasteiger partial charge in [0, 0.05) is 0 Å². The number of nitrogens with two attached hydrogens (primary N) is 1. The average molecular weight is 324 g/mol. The van der Waals surface area contributed by atoms with Gasteiger partial charge in [0.25, 0.3) is 0 Å². The maximum absolute atomic E-state index is 10.4. The number of phosphoric acid groups is 1. The van der Waals surface area contributed by atoms with Crippen molar-refractivity contribution >= 4 is 13.8 Å². The van der Waals surface area contributed by atoms with Gasteiger partial charge in [-0.25, -0.2) is 4.57 Å². The van der Waals surface area contributed by atoms with E-state index in [0.717, 1.165) is 5.56 Å². The fraction of sp³-hybridized carbons (Fsp3) is 0.222. The molecule has 1 unspecified atom stereocenters. The first-order chi connectivity index (χ1) is 9.51. The van der Waals surface area contributed by atoms with Crippen LogP contribution in [-0.2, 0) is 20.4 Å². The van der Waals surface area contributed by atoms with Gasteiger partial charge in [-0.05, 0) is 24.1 Å². The van der Waals surface area contributed by atoms with E-state index in [1.165, 1.54) is 12.1 Å². The van der Waals surface area contributed by atoms with E-state index in [9.17, 15) is 9.36 Å². The molecule has 6 N–H and O–H groups in total. The van der Waals surface area contributed by atoms with Crippen molar-refractivity contribution in [3.05, 3.63) is 39.9 Å². The quantitative estimate of drug-likeness (QED) is 0.271. The van der Waals surface area contributed by atoms with Gasteiger partial charge in [-0.3, -0.25) is 4.79 Å². The summed E-state index contributed by atoms with van der Waals surface area (Å²) in [7, 11) is -4.92. The minimum atomic E-state index is -4.92. The van der Waals surface area contributed by atoms with Crippen LogP contribution < -0.4 is 5.73 Å². The second-order valence-electron chi connectivity index (χ2n) is 3.61. The molecule has 0 aliphatic heterocycles. The number of carbonyl (C=O) groups is 1. The molecule has 0 radical (unpaired) electrons. The third-order valence-electron chi connectivity index (χ3n) is 1.88. The molecular weight excluding hydrogens is 311 g/mol. The van der Waals surface area contributed by atoms with E-state index in [4.69, 9.17) is 35.8 Å². The average Bonchev–Trinajstić information content (AvgIpc) is 2.29. The van der Waals surface area contributed by atoms with Crippen molar-refractivity contribution in [3.63, 3.8) is 0 Å². The van der Waals surface area contributed by atoms with Gasteiger partial charge in [0.2, 0.25) is 0 Å². The normalized spacial score (nSPS) is 11.8. The molecule has 0 heterocycles. The summed E-state index contributed by atoms with van der Waals surface area (Å²) < 4.78 is 12.3. The molecule has 118 valence electrons. The highest BCUT2D eigenvalue weighted by Crippen LogP contribution is 2.35. The lowest BCUT2D eigenvalue weighted by atomic mass is 10.1. The maximum atomic E-state index is 10.4. The van der Waals surface area contributed by atoms with Crippen LogP contribution in [-0.4, -0.2) is 37.1 Å². The van der Waals surface area contributed by atoms with Crippen molar-refractivity contribution in [2.24, 2.45) is 5.73 Å². The van der Waals surface area contributed by atoms with Crippen LogP contribution in [0.3, 0.4) is 0 Å². The molecule has 0 bridgehead atoms. The molecule has 1 rings (SSSR count).